The number of aromatic nitrogens is 2. The quantitative estimate of drug-likeness (QED) is 0.853. The third kappa shape index (κ3) is 4.66. The van der Waals surface area contributed by atoms with Crippen LogP contribution in [0.4, 0.5) is 5.69 Å². The lowest BCUT2D eigenvalue weighted by molar-refractivity contribution is -0.127. The van der Waals surface area contributed by atoms with Crippen LogP contribution < -0.4 is 10.2 Å². The van der Waals surface area contributed by atoms with E-state index in [1.165, 1.54) is 32.1 Å². The molecular formula is C22H28N4O3. The Morgan fingerprint density at radius 1 is 1.17 bits per heavy atom. The van der Waals surface area contributed by atoms with E-state index in [-0.39, 0.29) is 30.2 Å². The molecule has 1 saturated carbocycles. The van der Waals surface area contributed by atoms with E-state index in [0.29, 0.717) is 18.3 Å². The minimum absolute atomic E-state index is 0.0105. The molecule has 29 heavy (non-hydrogen) atoms. The molecule has 1 unspecified atom stereocenters. The summed E-state index contributed by atoms with van der Waals surface area (Å²) >= 11 is 0. The molecule has 2 aromatic rings. The molecule has 2 amide bonds. The Bertz CT molecular complexity index is 870. The summed E-state index contributed by atoms with van der Waals surface area (Å²) < 4.78 is 5.05. The van der Waals surface area contributed by atoms with E-state index in [1.54, 1.807) is 11.8 Å². The van der Waals surface area contributed by atoms with Crippen LogP contribution in [-0.2, 0) is 9.59 Å². The van der Waals surface area contributed by atoms with Crippen molar-refractivity contribution in [3.05, 3.63) is 30.2 Å². The van der Waals surface area contributed by atoms with Crippen LogP contribution in [0, 0.1) is 12.8 Å². The highest BCUT2D eigenvalue weighted by Crippen LogP contribution is 2.29. The smallest absolute Gasteiger partial charge is 0.227 e. The van der Waals surface area contributed by atoms with Gasteiger partial charge in [-0.05, 0) is 25.0 Å². The number of rotatable bonds is 4. The van der Waals surface area contributed by atoms with Gasteiger partial charge in [0.25, 0.3) is 0 Å². The molecule has 1 atom stereocenters. The summed E-state index contributed by atoms with van der Waals surface area (Å²) in [5, 5.41) is 7.15. The zero-order valence-electron chi connectivity index (χ0n) is 16.9. The highest BCUT2D eigenvalue weighted by molar-refractivity contribution is 6.00. The second-order valence-corrected chi connectivity index (χ2v) is 8.14. The molecule has 1 aliphatic carbocycles. The van der Waals surface area contributed by atoms with E-state index in [1.807, 2.05) is 24.3 Å². The highest BCUT2D eigenvalue weighted by Gasteiger charge is 2.36. The Labute approximate surface area is 170 Å². The number of benzene rings is 1. The predicted octanol–water partition coefficient (Wildman–Crippen LogP) is 3.63. The van der Waals surface area contributed by atoms with E-state index in [0.717, 1.165) is 24.1 Å². The van der Waals surface area contributed by atoms with Crippen molar-refractivity contribution >= 4 is 17.5 Å². The van der Waals surface area contributed by atoms with Crippen molar-refractivity contribution in [2.75, 3.05) is 11.4 Å². The van der Waals surface area contributed by atoms with Crippen LogP contribution in [0.1, 0.15) is 57.3 Å². The zero-order chi connectivity index (χ0) is 20.2. The van der Waals surface area contributed by atoms with Gasteiger partial charge >= 0.3 is 0 Å². The molecule has 1 aromatic heterocycles. The molecular weight excluding hydrogens is 368 g/mol. The number of nitrogens with zero attached hydrogens (tertiary/aromatic N) is 3. The summed E-state index contributed by atoms with van der Waals surface area (Å²) in [5.41, 5.74) is 1.55. The van der Waals surface area contributed by atoms with Crippen molar-refractivity contribution in [3.8, 4) is 11.4 Å². The summed E-state index contributed by atoms with van der Waals surface area (Å²) in [7, 11) is 0. The molecule has 1 aliphatic heterocycles. The second kappa shape index (κ2) is 8.76. The fourth-order valence-electron chi connectivity index (χ4n) is 4.28. The van der Waals surface area contributed by atoms with Gasteiger partial charge in [0.05, 0.1) is 5.92 Å². The second-order valence-electron chi connectivity index (χ2n) is 8.14. The fourth-order valence-corrected chi connectivity index (χ4v) is 4.28. The maximum atomic E-state index is 12.8. The molecule has 1 aromatic carbocycles. The molecule has 0 spiro atoms. The predicted molar refractivity (Wildman–Crippen MR) is 109 cm³/mol. The largest absolute Gasteiger partial charge is 0.353 e. The lowest BCUT2D eigenvalue weighted by atomic mass is 9.96. The van der Waals surface area contributed by atoms with Crippen molar-refractivity contribution in [2.24, 2.45) is 5.92 Å². The third-order valence-electron chi connectivity index (χ3n) is 5.89. The van der Waals surface area contributed by atoms with E-state index in [2.05, 4.69) is 15.5 Å². The van der Waals surface area contributed by atoms with Crippen molar-refractivity contribution in [3.63, 3.8) is 0 Å². The topological polar surface area (TPSA) is 88.3 Å². The van der Waals surface area contributed by atoms with Crippen LogP contribution in [0.15, 0.2) is 28.8 Å². The Morgan fingerprint density at radius 2 is 1.93 bits per heavy atom. The summed E-state index contributed by atoms with van der Waals surface area (Å²) in [4.78, 5) is 31.4. The molecule has 2 aliphatic rings. The first-order chi connectivity index (χ1) is 14.1. The number of carbonyl (C=O) groups is 2. The molecule has 154 valence electrons. The number of nitrogens with one attached hydrogen (secondary N) is 1. The standard InChI is InChI=1S/C22H28N4O3/c1-15-23-21(25-29-15)16-8-7-11-19(12-16)26-14-17(13-20(26)27)22(28)24-18-9-5-3-2-4-6-10-18/h7-8,11-12,17-18H,2-6,9-10,13-14H2,1H3,(H,24,28). The van der Waals surface area contributed by atoms with Crippen LogP contribution in [0.25, 0.3) is 11.4 Å². The van der Waals surface area contributed by atoms with Crippen molar-refractivity contribution in [1.82, 2.24) is 15.5 Å². The van der Waals surface area contributed by atoms with Gasteiger partial charge in [-0.1, -0.05) is 49.4 Å². The summed E-state index contributed by atoms with van der Waals surface area (Å²) in [6, 6.07) is 7.75. The Morgan fingerprint density at radius 3 is 2.66 bits per heavy atom. The summed E-state index contributed by atoms with van der Waals surface area (Å²) in [6.07, 6.45) is 8.48. The molecule has 2 fully saturated rings. The number of carbonyl (C=O) groups excluding carboxylic acids is 2. The number of hydrogen-bond donors (Lipinski definition) is 1. The van der Waals surface area contributed by atoms with Gasteiger partial charge < -0.3 is 14.7 Å². The molecule has 7 nitrogen and oxygen atoms in total. The van der Waals surface area contributed by atoms with Gasteiger partial charge in [-0.3, -0.25) is 9.59 Å². The first kappa shape index (κ1) is 19.6. The average molecular weight is 396 g/mol. The van der Waals surface area contributed by atoms with Gasteiger partial charge in [0.1, 0.15) is 0 Å². The van der Waals surface area contributed by atoms with Crippen molar-refractivity contribution in [2.45, 2.75) is 64.3 Å². The van der Waals surface area contributed by atoms with Gasteiger partial charge in [0.15, 0.2) is 0 Å². The summed E-state index contributed by atoms with van der Waals surface area (Å²) in [6.45, 7) is 2.15. The molecule has 1 N–H and O–H groups in total. The third-order valence-corrected chi connectivity index (χ3v) is 5.89. The molecule has 2 heterocycles. The summed E-state index contributed by atoms with van der Waals surface area (Å²) in [5.74, 6) is 0.674. The molecule has 0 bridgehead atoms. The number of hydrogen-bond acceptors (Lipinski definition) is 5. The lowest BCUT2D eigenvalue weighted by Crippen LogP contribution is -2.40. The van der Waals surface area contributed by atoms with Crippen LogP contribution >= 0.6 is 0 Å². The van der Waals surface area contributed by atoms with Gasteiger partial charge in [0.2, 0.25) is 23.5 Å². The highest BCUT2D eigenvalue weighted by atomic mass is 16.5. The Balaban J connectivity index is 1.42. The van der Waals surface area contributed by atoms with E-state index in [4.69, 9.17) is 4.52 Å². The molecule has 1 saturated heterocycles. The monoisotopic (exact) mass is 396 g/mol. The lowest BCUT2D eigenvalue weighted by Gasteiger charge is -2.23. The van der Waals surface area contributed by atoms with Crippen LogP contribution in [0.3, 0.4) is 0 Å². The minimum atomic E-state index is -0.302. The van der Waals surface area contributed by atoms with Crippen molar-refractivity contribution < 1.29 is 14.1 Å². The SMILES string of the molecule is Cc1nc(-c2cccc(N3CC(C(=O)NC4CCCCCCC4)CC3=O)c2)no1. The van der Waals surface area contributed by atoms with E-state index in [9.17, 15) is 9.59 Å². The molecule has 0 radical (unpaired) electrons. The number of aryl methyl sites for hydroxylation is 1. The average Bonchev–Trinajstić information content (AvgIpc) is 3.30. The first-order valence-electron chi connectivity index (χ1n) is 10.6. The van der Waals surface area contributed by atoms with Crippen molar-refractivity contribution in [1.29, 1.82) is 0 Å². The van der Waals surface area contributed by atoms with Gasteiger partial charge in [0, 0.05) is 37.2 Å². The Kier molecular flexibility index (Phi) is 5.92. The maximum absolute atomic E-state index is 12.8. The normalized spacial score (nSPS) is 21.1. The molecule has 4 rings (SSSR count). The van der Waals surface area contributed by atoms with Crippen LogP contribution in [0.5, 0.6) is 0 Å². The molecule has 7 heteroatoms. The Hall–Kier alpha value is -2.70. The van der Waals surface area contributed by atoms with Crippen LogP contribution in [-0.4, -0.2) is 34.5 Å². The number of anilines is 1. The van der Waals surface area contributed by atoms with Crippen LogP contribution in [0.2, 0.25) is 0 Å². The zero-order valence-corrected chi connectivity index (χ0v) is 16.9. The van der Waals surface area contributed by atoms with Gasteiger partial charge in [-0.25, -0.2) is 0 Å². The van der Waals surface area contributed by atoms with Gasteiger partial charge in [-0.15, -0.1) is 0 Å². The number of amides is 2. The first-order valence-corrected chi connectivity index (χ1v) is 10.6. The fraction of sp³-hybridized carbons (Fsp3) is 0.545. The maximum Gasteiger partial charge on any atom is 0.227 e. The minimum Gasteiger partial charge on any atom is -0.353 e. The van der Waals surface area contributed by atoms with E-state index >= 15 is 0 Å². The van der Waals surface area contributed by atoms with E-state index < -0.39 is 0 Å². The van der Waals surface area contributed by atoms with Gasteiger partial charge in [-0.2, -0.15) is 4.98 Å².